The largest absolute Gasteiger partial charge is 0.463 e. The molecule has 0 fully saturated rings. The molecule has 2 aromatic heterocycles. The van der Waals surface area contributed by atoms with E-state index in [4.69, 9.17) is 13.9 Å². The molecule has 1 aromatic carbocycles. The number of nitriles is 1. The second kappa shape index (κ2) is 8.06. The average molecular weight is 393 g/mol. The van der Waals surface area contributed by atoms with Crippen molar-refractivity contribution in [1.29, 1.82) is 5.26 Å². The number of nitrogens with zero attached hydrogens (tertiary/aromatic N) is 2. The van der Waals surface area contributed by atoms with Gasteiger partial charge in [-0.2, -0.15) is 5.26 Å². The lowest BCUT2D eigenvalue weighted by atomic mass is 10.2. The van der Waals surface area contributed by atoms with Crippen LogP contribution in [0, 0.1) is 11.3 Å². The third-order valence-corrected chi connectivity index (χ3v) is 5.01. The summed E-state index contributed by atoms with van der Waals surface area (Å²) < 4.78 is 15.9. The molecule has 3 aromatic rings. The molecule has 8 heteroatoms. The van der Waals surface area contributed by atoms with Crippen molar-refractivity contribution in [2.24, 2.45) is 0 Å². The zero-order chi connectivity index (χ0) is 19.3. The highest BCUT2D eigenvalue weighted by molar-refractivity contribution is 8.00. The molecule has 7 nitrogen and oxygen atoms in total. The van der Waals surface area contributed by atoms with Crippen molar-refractivity contribution in [3.8, 4) is 29.0 Å². The fourth-order valence-corrected chi connectivity index (χ4v) is 3.44. The van der Waals surface area contributed by atoms with Gasteiger partial charge in [0.25, 0.3) is 0 Å². The molecule has 0 atom stereocenters. The van der Waals surface area contributed by atoms with Crippen LogP contribution in [0.4, 0.5) is 0 Å². The molecule has 1 aliphatic heterocycles. The van der Waals surface area contributed by atoms with Gasteiger partial charge in [0.2, 0.25) is 12.7 Å². The van der Waals surface area contributed by atoms with Crippen molar-refractivity contribution in [2.75, 3.05) is 12.5 Å². The van der Waals surface area contributed by atoms with Crippen LogP contribution in [0.1, 0.15) is 11.1 Å². The summed E-state index contributed by atoms with van der Waals surface area (Å²) in [5.41, 5.74) is 1.95. The van der Waals surface area contributed by atoms with Crippen LogP contribution >= 0.6 is 11.8 Å². The number of pyridine rings is 1. The molecule has 0 aliphatic carbocycles. The van der Waals surface area contributed by atoms with Crippen molar-refractivity contribution >= 4 is 17.7 Å². The summed E-state index contributed by atoms with van der Waals surface area (Å²) in [6.45, 7) is 0.591. The number of hydrogen-bond acceptors (Lipinski definition) is 7. The van der Waals surface area contributed by atoms with Crippen molar-refractivity contribution in [3.63, 3.8) is 0 Å². The predicted octanol–water partition coefficient (Wildman–Crippen LogP) is 3.35. The van der Waals surface area contributed by atoms with E-state index in [0.29, 0.717) is 40.1 Å². The second-order valence-electron chi connectivity index (χ2n) is 5.89. The highest BCUT2D eigenvalue weighted by atomic mass is 32.2. The molecule has 1 aliphatic rings. The minimum Gasteiger partial charge on any atom is -0.463 e. The summed E-state index contributed by atoms with van der Waals surface area (Å²) in [6, 6.07) is 14.6. The monoisotopic (exact) mass is 393 g/mol. The summed E-state index contributed by atoms with van der Waals surface area (Å²) >= 11 is 1.21. The van der Waals surface area contributed by atoms with E-state index in [1.807, 2.05) is 18.2 Å². The lowest BCUT2D eigenvalue weighted by Crippen LogP contribution is -2.24. The van der Waals surface area contributed by atoms with Crippen LogP contribution in [0.15, 0.2) is 58.2 Å². The quantitative estimate of drug-likeness (QED) is 0.641. The van der Waals surface area contributed by atoms with Crippen LogP contribution in [0.2, 0.25) is 0 Å². The third kappa shape index (κ3) is 3.94. The Morgan fingerprint density at radius 2 is 2.11 bits per heavy atom. The summed E-state index contributed by atoms with van der Waals surface area (Å²) in [4.78, 5) is 16.7. The van der Waals surface area contributed by atoms with Gasteiger partial charge in [-0.25, -0.2) is 4.98 Å². The smallest absolute Gasteiger partial charge is 0.231 e. The minimum absolute atomic E-state index is 0.147. The maximum Gasteiger partial charge on any atom is 0.231 e. The first-order valence-electron chi connectivity index (χ1n) is 8.46. The van der Waals surface area contributed by atoms with Gasteiger partial charge in [0, 0.05) is 6.54 Å². The van der Waals surface area contributed by atoms with Gasteiger partial charge in [0.1, 0.15) is 16.8 Å². The Morgan fingerprint density at radius 1 is 1.21 bits per heavy atom. The van der Waals surface area contributed by atoms with Crippen LogP contribution in [0.3, 0.4) is 0 Å². The van der Waals surface area contributed by atoms with Crippen LogP contribution in [-0.2, 0) is 11.3 Å². The van der Waals surface area contributed by atoms with Gasteiger partial charge in [-0.15, -0.1) is 0 Å². The molecule has 1 amide bonds. The number of carbonyl (C=O) groups excluding carboxylic acids is 1. The summed E-state index contributed by atoms with van der Waals surface area (Å²) in [5, 5.41) is 12.6. The Kier molecular flexibility index (Phi) is 5.17. The molecule has 140 valence electrons. The number of fused-ring (bicyclic) bond motifs is 1. The normalized spacial score (nSPS) is 11.8. The zero-order valence-electron chi connectivity index (χ0n) is 14.7. The molecule has 0 bridgehead atoms. The van der Waals surface area contributed by atoms with Gasteiger partial charge < -0.3 is 19.2 Å². The van der Waals surface area contributed by atoms with Gasteiger partial charge in [-0.3, -0.25) is 4.79 Å². The molecule has 0 saturated heterocycles. The number of aromatic nitrogens is 1. The predicted molar refractivity (Wildman–Crippen MR) is 102 cm³/mol. The van der Waals surface area contributed by atoms with E-state index in [9.17, 15) is 10.1 Å². The van der Waals surface area contributed by atoms with Crippen LogP contribution in [-0.4, -0.2) is 23.4 Å². The molecule has 0 spiro atoms. The highest BCUT2D eigenvalue weighted by Gasteiger charge is 2.14. The number of furan rings is 1. The molecule has 0 unspecified atom stereocenters. The van der Waals surface area contributed by atoms with E-state index in [1.165, 1.54) is 11.8 Å². The molecule has 0 saturated carbocycles. The van der Waals surface area contributed by atoms with Crippen molar-refractivity contribution < 1.29 is 18.7 Å². The number of carbonyl (C=O) groups is 1. The number of thioether (sulfide) groups is 1. The van der Waals surface area contributed by atoms with E-state index < -0.39 is 0 Å². The minimum atomic E-state index is -0.156. The number of rotatable bonds is 6. The topological polar surface area (TPSA) is 97.4 Å². The summed E-state index contributed by atoms with van der Waals surface area (Å²) in [7, 11) is 0. The molecule has 28 heavy (non-hydrogen) atoms. The van der Waals surface area contributed by atoms with E-state index in [1.54, 1.807) is 30.5 Å². The first-order chi connectivity index (χ1) is 13.7. The number of nitrogens with one attached hydrogen (secondary N) is 1. The average Bonchev–Trinajstić information content (AvgIpc) is 3.42. The molecule has 3 heterocycles. The Bertz CT molecular complexity index is 1040. The van der Waals surface area contributed by atoms with E-state index in [2.05, 4.69) is 16.4 Å². The third-order valence-electron chi connectivity index (χ3n) is 4.02. The Morgan fingerprint density at radius 3 is 2.93 bits per heavy atom. The number of ether oxygens (including phenoxy) is 2. The fourth-order valence-electron chi connectivity index (χ4n) is 2.63. The first-order valence-corrected chi connectivity index (χ1v) is 9.44. The second-order valence-corrected chi connectivity index (χ2v) is 6.86. The van der Waals surface area contributed by atoms with Crippen molar-refractivity contribution in [3.05, 3.63) is 59.9 Å². The summed E-state index contributed by atoms with van der Waals surface area (Å²) in [5.74, 6) is 1.99. The van der Waals surface area contributed by atoms with Crippen molar-refractivity contribution in [2.45, 2.75) is 11.6 Å². The maximum atomic E-state index is 12.2. The van der Waals surface area contributed by atoms with Crippen LogP contribution < -0.4 is 14.8 Å². The molecule has 1 N–H and O–H groups in total. The SMILES string of the molecule is N#Cc1ccc(-c2ccco2)nc1SCC(=O)NCc1ccc2c(c1)OCO2. The van der Waals surface area contributed by atoms with E-state index in [-0.39, 0.29) is 18.5 Å². The Balaban J connectivity index is 1.36. The summed E-state index contributed by atoms with van der Waals surface area (Å²) in [6.07, 6.45) is 1.56. The zero-order valence-corrected chi connectivity index (χ0v) is 15.5. The Labute approximate surface area is 165 Å². The van der Waals surface area contributed by atoms with Gasteiger partial charge in [-0.05, 0) is 42.0 Å². The van der Waals surface area contributed by atoms with Gasteiger partial charge in [0.15, 0.2) is 17.3 Å². The van der Waals surface area contributed by atoms with Crippen LogP contribution in [0.25, 0.3) is 11.5 Å². The first kappa shape index (κ1) is 17.9. The molecule has 4 rings (SSSR count). The number of benzene rings is 1. The van der Waals surface area contributed by atoms with E-state index >= 15 is 0 Å². The van der Waals surface area contributed by atoms with Gasteiger partial charge in [-0.1, -0.05) is 17.8 Å². The van der Waals surface area contributed by atoms with Gasteiger partial charge >= 0.3 is 0 Å². The lowest BCUT2D eigenvalue weighted by molar-refractivity contribution is -0.118. The standard InChI is InChI=1S/C20H15N3O4S/c21-9-14-4-5-15(16-2-1-7-25-16)23-20(14)28-11-19(24)22-10-13-3-6-17-18(8-13)27-12-26-17/h1-8H,10-12H2,(H,22,24). The van der Waals surface area contributed by atoms with Crippen LogP contribution in [0.5, 0.6) is 11.5 Å². The Hall–Kier alpha value is -3.44. The highest BCUT2D eigenvalue weighted by Crippen LogP contribution is 2.32. The van der Waals surface area contributed by atoms with E-state index in [0.717, 1.165) is 5.56 Å². The molecule has 0 radical (unpaired) electrons. The van der Waals surface area contributed by atoms with Gasteiger partial charge in [0.05, 0.1) is 17.6 Å². The lowest BCUT2D eigenvalue weighted by Gasteiger charge is -2.07. The number of hydrogen-bond donors (Lipinski definition) is 1. The van der Waals surface area contributed by atoms with Crippen molar-refractivity contribution in [1.82, 2.24) is 10.3 Å². The number of amides is 1. The molecular weight excluding hydrogens is 378 g/mol. The molecular formula is C20H15N3O4S. The fraction of sp³-hybridized carbons (Fsp3) is 0.150. The maximum absolute atomic E-state index is 12.2.